The van der Waals surface area contributed by atoms with Gasteiger partial charge in [0.05, 0.1) is 7.11 Å². The maximum absolute atomic E-state index is 5.92. The third-order valence-electron chi connectivity index (χ3n) is 2.77. The maximum Gasteiger partial charge on any atom is 0.128 e. The third kappa shape index (κ3) is 3.38. The lowest BCUT2D eigenvalue weighted by atomic mass is 10.1. The summed E-state index contributed by atoms with van der Waals surface area (Å²) in [6.45, 7) is 6.11. The van der Waals surface area contributed by atoms with Crippen molar-refractivity contribution in [3.8, 4) is 5.75 Å². The first-order valence-electron chi connectivity index (χ1n) is 5.69. The normalized spacial score (nSPS) is 12.6. The molecule has 0 aliphatic heterocycles. The van der Waals surface area contributed by atoms with Crippen LogP contribution in [0.2, 0.25) is 0 Å². The molecule has 90 valence electrons. The second kappa shape index (κ2) is 6.09. The predicted molar refractivity (Wildman–Crippen MR) is 68.5 cm³/mol. The lowest BCUT2D eigenvalue weighted by Gasteiger charge is -2.12. The van der Waals surface area contributed by atoms with Gasteiger partial charge in [-0.15, -0.1) is 11.6 Å². The van der Waals surface area contributed by atoms with Gasteiger partial charge < -0.3 is 4.74 Å². The van der Waals surface area contributed by atoms with Crippen LogP contribution >= 0.6 is 11.6 Å². The van der Waals surface area contributed by atoms with Gasteiger partial charge in [0.15, 0.2) is 0 Å². The highest BCUT2D eigenvalue weighted by molar-refractivity contribution is 6.20. The molecule has 0 bridgehead atoms. The molecule has 0 amide bonds. The number of methoxy groups -OCH3 is 1. The topological polar surface area (TPSA) is 22.1 Å². The molecule has 0 aromatic carbocycles. The van der Waals surface area contributed by atoms with Crippen LogP contribution in [0.4, 0.5) is 0 Å². The SMILES string of the molecule is COc1c(C)cnc(CCCC(C)Cl)c1C. The van der Waals surface area contributed by atoms with E-state index >= 15 is 0 Å². The molecular weight excluding hydrogens is 222 g/mol. The minimum absolute atomic E-state index is 0.243. The van der Waals surface area contributed by atoms with Crippen LogP contribution in [0.25, 0.3) is 0 Å². The van der Waals surface area contributed by atoms with E-state index < -0.39 is 0 Å². The number of ether oxygens (including phenoxy) is 1. The molecule has 1 rings (SSSR count). The van der Waals surface area contributed by atoms with Crippen LogP contribution in [-0.2, 0) is 6.42 Å². The maximum atomic E-state index is 5.92. The molecule has 0 radical (unpaired) electrons. The molecular formula is C13H20ClNO. The molecule has 0 fully saturated rings. The van der Waals surface area contributed by atoms with Crippen molar-refractivity contribution in [2.24, 2.45) is 0 Å². The van der Waals surface area contributed by atoms with Gasteiger partial charge in [-0.3, -0.25) is 4.98 Å². The fraction of sp³-hybridized carbons (Fsp3) is 0.615. The third-order valence-corrected chi connectivity index (χ3v) is 2.98. The number of halogens is 1. The molecule has 1 aromatic rings. The van der Waals surface area contributed by atoms with Gasteiger partial charge in [0, 0.05) is 28.4 Å². The van der Waals surface area contributed by atoms with E-state index in [9.17, 15) is 0 Å². The van der Waals surface area contributed by atoms with Crippen LogP contribution in [0.1, 0.15) is 36.6 Å². The van der Waals surface area contributed by atoms with Crippen molar-refractivity contribution >= 4 is 11.6 Å². The summed E-state index contributed by atoms with van der Waals surface area (Å²) >= 11 is 5.92. The molecule has 1 atom stereocenters. The Labute approximate surface area is 103 Å². The number of nitrogens with zero attached hydrogens (tertiary/aromatic N) is 1. The van der Waals surface area contributed by atoms with Crippen molar-refractivity contribution in [3.63, 3.8) is 0 Å². The lowest BCUT2D eigenvalue weighted by Crippen LogP contribution is -2.01. The minimum atomic E-state index is 0.243. The minimum Gasteiger partial charge on any atom is -0.496 e. The highest BCUT2D eigenvalue weighted by atomic mass is 35.5. The molecule has 0 aliphatic carbocycles. The molecule has 1 unspecified atom stereocenters. The highest BCUT2D eigenvalue weighted by Crippen LogP contribution is 2.25. The Bertz CT molecular complexity index is 350. The summed E-state index contributed by atoms with van der Waals surface area (Å²) in [6.07, 6.45) is 4.95. The van der Waals surface area contributed by atoms with E-state index in [0.717, 1.165) is 41.8 Å². The second-order valence-corrected chi connectivity index (χ2v) is 4.96. The number of hydrogen-bond acceptors (Lipinski definition) is 2. The zero-order chi connectivity index (χ0) is 12.1. The van der Waals surface area contributed by atoms with E-state index in [1.165, 1.54) is 0 Å². The van der Waals surface area contributed by atoms with Gasteiger partial charge in [0.1, 0.15) is 5.75 Å². The Morgan fingerprint density at radius 2 is 2.12 bits per heavy atom. The first kappa shape index (κ1) is 13.3. The number of alkyl halides is 1. The summed E-state index contributed by atoms with van der Waals surface area (Å²) in [6, 6.07) is 0. The molecule has 0 aliphatic rings. The first-order valence-corrected chi connectivity index (χ1v) is 6.13. The Hall–Kier alpha value is -0.760. The molecule has 1 aromatic heterocycles. The standard InChI is InChI=1S/C13H20ClNO/c1-9-8-15-12(7-5-6-10(2)14)11(3)13(9)16-4/h8,10H,5-7H2,1-4H3. The molecule has 0 saturated heterocycles. The summed E-state index contributed by atoms with van der Waals surface area (Å²) in [7, 11) is 1.71. The Balaban J connectivity index is 2.74. The van der Waals surface area contributed by atoms with E-state index in [-0.39, 0.29) is 5.38 Å². The Morgan fingerprint density at radius 3 is 2.69 bits per heavy atom. The summed E-state index contributed by atoms with van der Waals surface area (Å²) in [4.78, 5) is 4.46. The number of aromatic nitrogens is 1. The molecule has 2 nitrogen and oxygen atoms in total. The van der Waals surface area contributed by atoms with Gasteiger partial charge in [-0.1, -0.05) is 0 Å². The predicted octanol–water partition coefficient (Wildman–Crippen LogP) is 3.66. The molecule has 0 N–H and O–H groups in total. The zero-order valence-corrected chi connectivity index (χ0v) is 11.3. The summed E-state index contributed by atoms with van der Waals surface area (Å²) in [5, 5.41) is 0.243. The Kier molecular flexibility index (Phi) is 5.07. The smallest absolute Gasteiger partial charge is 0.128 e. The van der Waals surface area contributed by atoms with Crippen LogP contribution in [0.3, 0.4) is 0 Å². The van der Waals surface area contributed by atoms with Crippen LogP contribution in [0.15, 0.2) is 6.20 Å². The number of hydrogen-bond donors (Lipinski definition) is 0. The molecule has 16 heavy (non-hydrogen) atoms. The summed E-state index contributed by atoms with van der Waals surface area (Å²) in [5.74, 6) is 0.962. The van der Waals surface area contributed by atoms with Crippen LogP contribution in [-0.4, -0.2) is 17.5 Å². The van der Waals surface area contributed by atoms with Gasteiger partial charge in [0.2, 0.25) is 0 Å². The number of pyridine rings is 1. The molecule has 0 saturated carbocycles. The summed E-state index contributed by atoms with van der Waals surface area (Å²) < 4.78 is 5.38. The monoisotopic (exact) mass is 241 g/mol. The van der Waals surface area contributed by atoms with E-state index in [1.54, 1.807) is 7.11 Å². The number of rotatable bonds is 5. The molecule has 1 heterocycles. The van der Waals surface area contributed by atoms with Gasteiger partial charge >= 0.3 is 0 Å². The van der Waals surface area contributed by atoms with Crippen molar-refractivity contribution in [3.05, 3.63) is 23.0 Å². The first-order chi connectivity index (χ1) is 7.56. The largest absolute Gasteiger partial charge is 0.496 e. The van der Waals surface area contributed by atoms with Crippen LogP contribution in [0.5, 0.6) is 5.75 Å². The van der Waals surface area contributed by atoms with Gasteiger partial charge in [-0.2, -0.15) is 0 Å². The average Bonchev–Trinajstić information content (AvgIpc) is 2.22. The zero-order valence-electron chi connectivity index (χ0n) is 10.5. The van der Waals surface area contributed by atoms with Crippen molar-refractivity contribution < 1.29 is 4.74 Å². The highest BCUT2D eigenvalue weighted by Gasteiger charge is 2.09. The Morgan fingerprint density at radius 1 is 1.44 bits per heavy atom. The van der Waals surface area contributed by atoms with E-state index in [2.05, 4.69) is 11.9 Å². The van der Waals surface area contributed by atoms with Crippen molar-refractivity contribution in [2.45, 2.75) is 45.4 Å². The van der Waals surface area contributed by atoms with Gasteiger partial charge in [-0.05, 0) is 40.0 Å². The van der Waals surface area contributed by atoms with Crippen molar-refractivity contribution in [1.82, 2.24) is 4.98 Å². The quantitative estimate of drug-likeness (QED) is 0.734. The number of aryl methyl sites for hydroxylation is 2. The van der Waals surface area contributed by atoms with Crippen LogP contribution in [0, 0.1) is 13.8 Å². The van der Waals surface area contributed by atoms with E-state index in [1.807, 2.05) is 20.0 Å². The molecule has 3 heteroatoms. The van der Waals surface area contributed by atoms with Crippen LogP contribution < -0.4 is 4.74 Å². The fourth-order valence-corrected chi connectivity index (χ4v) is 2.03. The van der Waals surface area contributed by atoms with Gasteiger partial charge in [-0.25, -0.2) is 0 Å². The lowest BCUT2D eigenvalue weighted by molar-refractivity contribution is 0.406. The second-order valence-electron chi connectivity index (χ2n) is 4.22. The fourth-order valence-electron chi connectivity index (χ4n) is 1.87. The van der Waals surface area contributed by atoms with Gasteiger partial charge in [0.25, 0.3) is 0 Å². The average molecular weight is 242 g/mol. The van der Waals surface area contributed by atoms with E-state index in [0.29, 0.717) is 0 Å². The van der Waals surface area contributed by atoms with E-state index in [4.69, 9.17) is 16.3 Å². The molecule has 0 spiro atoms. The summed E-state index contributed by atoms with van der Waals surface area (Å²) in [5.41, 5.74) is 3.37. The van der Waals surface area contributed by atoms with Crippen molar-refractivity contribution in [2.75, 3.05) is 7.11 Å². The van der Waals surface area contributed by atoms with Crippen molar-refractivity contribution in [1.29, 1.82) is 0 Å².